The molecule has 1 aliphatic heterocycles. The molecular formula is C20H20FN5O4S. The molecule has 0 bridgehead atoms. The van der Waals surface area contributed by atoms with Gasteiger partial charge in [0, 0.05) is 32.6 Å². The van der Waals surface area contributed by atoms with Crippen molar-refractivity contribution in [3.8, 4) is 0 Å². The predicted molar refractivity (Wildman–Crippen MR) is 115 cm³/mol. The number of fused-ring (bicyclic) bond motifs is 2. The number of hydrogen-bond donors (Lipinski definition) is 1. The quantitative estimate of drug-likeness (QED) is 0.615. The zero-order valence-electron chi connectivity index (χ0n) is 16.7. The van der Waals surface area contributed by atoms with Crippen LogP contribution in [0.3, 0.4) is 0 Å². The minimum Gasteiger partial charge on any atom is -0.354 e. The molecule has 1 N–H and O–H groups in total. The second-order valence-electron chi connectivity index (χ2n) is 7.04. The van der Waals surface area contributed by atoms with E-state index < -0.39 is 16.0 Å². The number of rotatable bonds is 6. The number of amides is 1. The van der Waals surface area contributed by atoms with Gasteiger partial charge in [-0.3, -0.25) is 18.5 Å². The minimum absolute atomic E-state index is 0.0256. The monoisotopic (exact) mass is 445 g/mol. The highest BCUT2D eigenvalue weighted by Gasteiger charge is 2.37. The van der Waals surface area contributed by atoms with Crippen LogP contribution in [0.1, 0.15) is 6.42 Å². The summed E-state index contributed by atoms with van der Waals surface area (Å²) >= 11 is 0. The van der Waals surface area contributed by atoms with Gasteiger partial charge in [0.2, 0.25) is 5.91 Å². The molecule has 2 aromatic carbocycles. The molecule has 0 aliphatic carbocycles. The largest absolute Gasteiger partial charge is 0.354 e. The number of aromatic nitrogens is 2. The van der Waals surface area contributed by atoms with Crippen molar-refractivity contribution in [1.29, 1.82) is 0 Å². The molecule has 0 saturated carbocycles. The van der Waals surface area contributed by atoms with E-state index in [4.69, 9.17) is 0 Å². The van der Waals surface area contributed by atoms with Gasteiger partial charge in [0.05, 0.1) is 35.1 Å². The number of aryl methyl sites for hydroxylation is 1. The van der Waals surface area contributed by atoms with Gasteiger partial charge in [-0.05, 0) is 24.3 Å². The van der Waals surface area contributed by atoms with Crippen LogP contribution in [-0.2, 0) is 21.5 Å². The molecule has 0 spiro atoms. The summed E-state index contributed by atoms with van der Waals surface area (Å²) in [5.74, 6) is -0.891. The lowest BCUT2D eigenvalue weighted by molar-refractivity contribution is -0.121. The lowest BCUT2D eigenvalue weighted by atomic mass is 10.2. The molecule has 0 atom stereocenters. The summed E-state index contributed by atoms with van der Waals surface area (Å²) in [5, 5.41) is 3.11. The van der Waals surface area contributed by atoms with Crippen LogP contribution in [0.5, 0.6) is 0 Å². The summed E-state index contributed by atoms with van der Waals surface area (Å²) in [7, 11) is -2.44. The third kappa shape index (κ3) is 3.83. The fraction of sp³-hybridized carbons (Fsp3) is 0.250. The Balaban J connectivity index is 1.37. The van der Waals surface area contributed by atoms with Crippen LogP contribution in [0, 0.1) is 5.82 Å². The molecule has 2 heterocycles. The molecule has 4 rings (SSSR count). The number of para-hydroxylation sites is 1. The fourth-order valence-electron chi connectivity index (χ4n) is 3.47. The van der Waals surface area contributed by atoms with Crippen LogP contribution in [0.25, 0.3) is 10.9 Å². The van der Waals surface area contributed by atoms with Crippen LogP contribution in [0.2, 0.25) is 0 Å². The maximum atomic E-state index is 13.6. The van der Waals surface area contributed by atoms with E-state index in [9.17, 15) is 22.4 Å². The van der Waals surface area contributed by atoms with Crippen molar-refractivity contribution in [2.45, 2.75) is 13.0 Å². The van der Waals surface area contributed by atoms with Crippen molar-refractivity contribution in [1.82, 2.24) is 14.9 Å². The maximum absolute atomic E-state index is 13.6. The van der Waals surface area contributed by atoms with Crippen molar-refractivity contribution >= 4 is 38.4 Å². The van der Waals surface area contributed by atoms with Gasteiger partial charge in [-0.2, -0.15) is 8.42 Å². The van der Waals surface area contributed by atoms with Crippen molar-refractivity contribution in [2.75, 3.05) is 28.7 Å². The molecule has 162 valence electrons. The average Bonchev–Trinajstić information content (AvgIpc) is 2.93. The number of halogens is 1. The van der Waals surface area contributed by atoms with Crippen LogP contribution in [0.15, 0.2) is 53.6 Å². The van der Waals surface area contributed by atoms with Gasteiger partial charge < -0.3 is 5.32 Å². The van der Waals surface area contributed by atoms with Gasteiger partial charge >= 0.3 is 10.2 Å². The van der Waals surface area contributed by atoms with Gasteiger partial charge in [0.1, 0.15) is 5.82 Å². The first-order chi connectivity index (χ1) is 14.8. The van der Waals surface area contributed by atoms with Crippen molar-refractivity contribution < 1.29 is 17.6 Å². The van der Waals surface area contributed by atoms with Crippen LogP contribution in [0.4, 0.5) is 15.8 Å². The van der Waals surface area contributed by atoms with E-state index in [-0.39, 0.29) is 43.2 Å². The fourth-order valence-corrected chi connectivity index (χ4v) is 4.88. The Morgan fingerprint density at radius 1 is 1.13 bits per heavy atom. The van der Waals surface area contributed by atoms with Crippen LogP contribution < -0.4 is 19.5 Å². The molecule has 0 unspecified atom stereocenters. The molecule has 0 radical (unpaired) electrons. The first kappa shape index (κ1) is 20.8. The molecule has 9 nitrogen and oxygen atoms in total. The van der Waals surface area contributed by atoms with Crippen molar-refractivity contribution in [3.63, 3.8) is 0 Å². The van der Waals surface area contributed by atoms with E-state index in [1.165, 1.54) is 30.1 Å². The third-order valence-corrected chi connectivity index (χ3v) is 6.94. The molecule has 1 aliphatic rings. The Labute approximate surface area is 177 Å². The normalized spacial score (nSPS) is 14.6. The second-order valence-corrected chi connectivity index (χ2v) is 8.92. The topological polar surface area (TPSA) is 105 Å². The molecule has 3 aromatic rings. The van der Waals surface area contributed by atoms with E-state index in [0.29, 0.717) is 16.6 Å². The van der Waals surface area contributed by atoms with E-state index in [1.807, 2.05) is 0 Å². The first-order valence-electron chi connectivity index (χ1n) is 9.56. The molecule has 11 heteroatoms. The van der Waals surface area contributed by atoms with E-state index >= 15 is 0 Å². The second kappa shape index (κ2) is 7.99. The number of nitrogens with zero attached hydrogens (tertiary/aromatic N) is 4. The Hall–Kier alpha value is -3.47. The zero-order chi connectivity index (χ0) is 22.2. The average molecular weight is 445 g/mol. The van der Waals surface area contributed by atoms with Gasteiger partial charge in [-0.25, -0.2) is 13.7 Å². The maximum Gasteiger partial charge on any atom is 0.326 e. The summed E-state index contributed by atoms with van der Waals surface area (Å²) < 4.78 is 42.2. The first-order valence-corrected chi connectivity index (χ1v) is 11.0. The SMILES string of the molecule is CN1c2ccc(F)cc2N(CCNC(=O)CCn2cnc3ccccc3c2=O)S1(=O)=O. The summed E-state index contributed by atoms with van der Waals surface area (Å²) in [4.78, 5) is 28.9. The number of anilines is 2. The Morgan fingerprint density at radius 3 is 2.71 bits per heavy atom. The Bertz CT molecular complexity index is 1320. The highest BCUT2D eigenvalue weighted by atomic mass is 32.2. The smallest absolute Gasteiger partial charge is 0.326 e. The van der Waals surface area contributed by atoms with Crippen molar-refractivity contribution in [2.24, 2.45) is 0 Å². The number of hydrogen-bond acceptors (Lipinski definition) is 5. The highest BCUT2D eigenvalue weighted by molar-refractivity contribution is 7.94. The zero-order valence-corrected chi connectivity index (χ0v) is 17.5. The van der Waals surface area contributed by atoms with Gasteiger partial charge in [0.15, 0.2) is 0 Å². The number of carbonyl (C=O) groups excluding carboxylic acids is 1. The number of benzene rings is 2. The lowest BCUT2D eigenvalue weighted by Gasteiger charge is -2.19. The summed E-state index contributed by atoms with van der Waals surface area (Å²) in [5.41, 5.74) is 0.950. The highest BCUT2D eigenvalue weighted by Crippen LogP contribution is 2.39. The predicted octanol–water partition coefficient (Wildman–Crippen LogP) is 1.24. The molecule has 0 saturated heterocycles. The molecule has 31 heavy (non-hydrogen) atoms. The molecule has 1 amide bonds. The van der Waals surface area contributed by atoms with E-state index in [0.717, 1.165) is 14.7 Å². The standard InChI is InChI=1S/C20H20FN5O4S/c1-24-17-7-6-14(21)12-18(17)26(31(24,29)30)11-9-22-19(27)8-10-25-13-23-16-5-3-2-4-15(16)20(25)28/h2-7,12-13H,8-11H2,1H3,(H,22,27). The minimum atomic E-state index is -3.83. The van der Waals surface area contributed by atoms with E-state index in [2.05, 4.69) is 10.3 Å². The van der Waals surface area contributed by atoms with Crippen molar-refractivity contribution in [3.05, 3.63) is 65.0 Å². The van der Waals surface area contributed by atoms with Crippen LogP contribution in [-0.4, -0.2) is 44.0 Å². The summed E-state index contributed by atoms with van der Waals surface area (Å²) in [6.07, 6.45) is 1.42. The lowest BCUT2D eigenvalue weighted by Crippen LogP contribution is -2.40. The Kier molecular flexibility index (Phi) is 5.36. The van der Waals surface area contributed by atoms with Gasteiger partial charge in [0.25, 0.3) is 5.56 Å². The molecular weight excluding hydrogens is 425 g/mol. The Morgan fingerprint density at radius 2 is 1.90 bits per heavy atom. The summed E-state index contributed by atoms with van der Waals surface area (Å²) in [6, 6.07) is 10.7. The molecule has 1 aromatic heterocycles. The van der Waals surface area contributed by atoms with Gasteiger partial charge in [-0.1, -0.05) is 12.1 Å². The third-order valence-electron chi connectivity index (χ3n) is 5.12. The van der Waals surface area contributed by atoms with Crippen LogP contribution >= 0.6 is 0 Å². The summed E-state index contributed by atoms with van der Waals surface area (Å²) in [6.45, 7) is 0.125. The van der Waals surface area contributed by atoms with Gasteiger partial charge in [-0.15, -0.1) is 0 Å². The number of nitrogens with one attached hydrogen (secondary N) is 1. The number of carbonyl (C=O) groups is 1. The van der Waals surface area contributed by atoms with E-state index in [1.54, 1.807) is 24.3 Å². The molecule has 0 fully saturated rings.